The summed E-state index contributed by atoms with van der Waals surface area (Å²) in [5.74, 6) is 0.332. The fourth-order valence-corrected chi connectivity index (χ4v) is 4.41. The summed E-state index contributed by atoms with van der Waals surface area (Å²) in [6.07, 6.45) is 6.34. The Kier molecular flexibility index (Phi) is 5.50. The van der Waals surface area contributed by atoms with Gasteiger partial charge in [-0.3, -0.25) is 9.69 Å². The molecular weight excluding hydrogens is 396 g/mol. The number of nitrogens with one attached hydrogen (secondary N) is 1. The number of aldehydes is 1. The van der Waals surface area contributed by atoms with E-state index in [0.29, 0.717) is 5.92 Å². The molecule has 1 aliphatic carbocycles. The molecule has 4 rings (SSSR count). The summed E-state index contributed by atoms with van der Waals surface area (Å²) < 4.78 is 0. The van der Waals surface area contributed by atoms with Crippen LogP contribution in [0.5, 0.6) is 0 Å². The largest absolute Gasteiger partial charge is 0.321 e. The lowest BCUT2D eigenvalue weighted by molar-refractivity contribution is -0.113. The van der Waals surface area contributed by atoms with E-state index in [1.54, 1.807) is 6.07 Å². The van der Waals surface area contributed by atoms with Crippen LogP contribution in [0.3, 0.4) is 0 Å². The molecule has 2 fully saturated rings. The first kappa shape index (κ1) is 21.1. The van der Waals surface area contributed by atoms with Gasteiger partial charge in [-0.15, -0.1) is 0 Å². The Morgan fingerprint density at radius 3 is 2.43 bits per heavy atom. The van der Waals surface area contributed by atoms with E-state index >= 15 is 0 Å². The van der Waals surface area contributed by atoms with Crippen molar-refractivity contribution in [3.05, 3.63) is 74.7 Å². The normalized spacial score (nSPS) is 21.6. The third-order valence-corrected chi connectivity index (χ3v) is 6.75. The number of carbonyl (C=O) groups excluding carboxylic acids is 1. The first-order valence-corrected chi connectivity index (χ1v) is 11.0. The lowest BCUT2D eigenvalue weighted by Gasteiger charge is -2.22. The van der Waals surface area contributed by atoms with Crippen LogP contribution in [0.4, 0.5) is 0 Å². The van der Waals surface area contributed by atoms with Crippen LogP contribution in [-0.2, 0) is 10.2 Å². The Hall–Kier alpha value is -2.17. The average Bonchev–Trinajstić information content (AvgIpc) is 3.38. The fraction of sp³-hybridized carbons (Fsp3) is 0.440. The molecule has 1 N–H and O–H groups in total. The van der Waals surface area contributed by atoms with Gasteiger partial charge < -0.3 is 9.78 Å². The highest BCUT2D eigenvalue weighted by molar-refractivity contribution is 6.30. The highest BCUT2D eigenvalue weighted by Gasteiger charge is 2.49. The lowest BCUT2D eigenvalue weighted by atomic mass is 9.85. The SMILES string of the molecule is CC(C)(C)c1ccc(/C(=C\[C@H]2CCN(C3(C=O)CC3)C2)c2ccc(Cl)c(=O)[nH]2)cc1. The van der Waals surface area contributed by atoms with Crippen LogP contribution in [0.2, 0.25) is 5.02 Å². The van der Waals surface area contributed by atoms with Gasteiger partial charge in [-0.25, -0.2) is 0 Å². The summed E-state index contributed by atoms with van der Waals surface area (Å²) in [4.78, 5) is 28.9. The summed E-state index contributed by atoms with van der Waals surface area (Å²) in [6.45, 7) is 8.41. The molecule has 158 valence electrons. The minimum atomic E-state index is -0.280. The molecular formula is C25H29ClN2O2. The average molecular weight is 425 g/mol. The Morgan fingerprint density at radius 1 is 1.17 bits per heavy atom. The highest BCUT2D eigenvalue weighted by atomic mass is 35.5. The van der Waals surface area contributed by atoms with Crippen molar-refractivity contribution in [2.24, 2.45) is 5.92 Å². The molecule has 1 aliphatic heterocycles. The first-order chi connectivity index (χ1) is 14.2. The summed E-state index contributed by atoms with van der Waals surface area (Å²) in [5, 5.41) is 0.190. The van der Waals surface area contributed by atoms with Gasteiger partial charge in [0.25, 0.3) is 5.56 Å². The van der Waals surface area contributed by atoms with Crippen molar-refractivity contribution in [3.63, 3.8) is 0 Å². The first-order valence-electron chi connectivity index (χ1n) is 10.7. The number of benzene rings is 1. The van der Waals surface area contributed by atoms with Crippen molar-refractivity contribution in [1.29, 1.82) is 0 Å². The van der Waals surface area contributed by atoms with Gasteiger partial charge in [0, 0.05) is 17.8 Å². The topological polar surface area (TPSA) is 53.2 Å². The number of likely N-dealkylation sites (tertiary alicyclic amines) is 1. The predicted octanol–water partition coefficient (Wildman–Crippen LogP) is 4.81. The van der Waals surface area contributed by atoms with Gasteiger partial charge in [0.15, 0.2) is 0 Å². The van der Waals surface area contributed by atoms with E-state index in [9.17, 15) is 9.59 Å². The molecule has 1 saturated carbocycles. The smallest absolute Gasteiger partial charge is 0.267 e. The van der Waals surface area contributed by atoms with Crippen molar-refractivity contribution in [1.82, 2.24) is 9.88 Å². The van der Waals surface area contributed by atoms with Gasteiger partial charge in [-0.1, -0.05) is 62.7 Å². The van der Waals surface area contributed by atoms with Crippen LogP contribution in [0.1, 0.15) is 56.9 Å². The number of H-pyrrole nitrogens is 1. The summed E-state index contributed by atoms with van der Waals surface area (Å²) in [6, 6.07) is 12.1. The van der Waals surface area contributed by atoms with Crippen LogP contribution < -0.4 is 5.56 Å². The van der Waals surface area contributed by atoms with Crippen molar-refractivity contribution in [2.75, 3.05) is 13.1 Å². The maximum Gasteiger partial charge on any atom is 0.267 e. The molecule has 0 radical (unpaired) electrons. The van der Waals surface area contributed by atoms with Crippen molar-refractivity contribution < 1.29 is 4.79 Å². The number of halogens is 1. The molecule has 1 aromatic carbocycles. The van der Waals surface area contributed by atoms with Gasteiger partial charge in [0.1, 0.15) is 11.3 Å². The van der Waals surface area contributed by atoms with E-state index in [1.807, 2.05) is 6.07 Å². The zero-order chi connectivity index (χ0) is 21.5. The minimum Gasteiger partial charge on any atom is -0.321 e. The predicted molar refractivity (Wildman–Crippen MR) is 122 cm³/mol. The molecule has 2 aromatic rings. The highest BCUT2D eigenvalue weighted by Crippen LogP contribution is 2.43. The second kappa shape index (κ2) is 7.82. The van der Waals surface area contributed by atoms with E-state index in [4.69, 9.17) is 11.6 Å². The number of aromatic amines is 1. The maximum absolute atomic E-state index is 12.2. The van der Waals surface area contributed by atoms with Crippen LogP contribution in [0, 0.1) is 5.92 Å². The number of hydrogen-bond donors (Lipinski definition) is 1. The third-order valence-electron chi connectivity index (χ3n) is 6.45. The maximum atomic E-state index is 12.2. The molecule has 2 heterocycles. The van der Waals surface area contributed by atoms with E-state index in [-0.39, 0.29) is 21.5 Å². The summed E-state index contributed by atoms with van der Waals surface area (Å²) in [5.41, 5.74) is 3.69. The van der Waals surface area contributed by atoms with Gasteiger partial charge in [-0.05, 0) is 60.4 Å². The fourth-order valence-electron chi connectivity index (χ4n) is 4.30. The zero-order valence-corrected chi connectivity index (χ0v) is 18.6. The third kappa shape index (κ3) is 4.17. The van der Waals surface area contributed by atoms with Crippen molar-refractivity contribution in [3.8, 4) is 0 Å². The molecule has 4 nitrogen and oxygen atoms in total. The molecule has 1 atom stereocenters. The van der Waals surface area contributed by atoms with Crippen LogP contribution in [-0.4, -0.2) is 34.8 Å². The molecule has 0 bridgehead atoms. The molecule has 0 spiro atoms. The number of nitrogens with zero attached hydrogens (tertiary/aromatic N) is 1. The van der Waals surface area contributed by atoms with Gasteiger partial charge in [-0.2, -0.15) is 0 Å². The van der Waals surface area contributed by atoms with Gasteiger partial charge in [0.2, 0.25) is 0 Å². The molecule has 1 aromatic heterocycles. The number of rotatable bonds is 5. The van der Waals surface area contributed by atoms with Gasteiger partial charge in [0.05, 0.1) is 5.54 Å². The second-order valence-corrected chi connectivity index (χ2v) is 10.1. The minimum absolute atomic E-state index is 0.0797. The monoisotopic (exact) mass is 424 g/mol. The second-order valence-electron chi connectivity index (χ2n) is 9.67. The Balaban J connectivity index is 1.69. The van der Waals surface area contributed by atoms with E-state index in [2.05, 4.69) is 61.0 Å². The van der Waals surface area contributed by atoms with E-state index in [0.717, 1.165) is 55.5 Å². The van der Waals surface area contributed by atoms with Crippen molar-refractivity contribution >= 4 is 23.5 Å². The standard InChI is InChI=1S/C25H29ClN2O2/c1-24(2,3)19-6-4-18(5-7-19)20(22-9-8-21(26)23(30)27-22)14-17-10-13-28(15-17)25(16-29)11-12-25/h4-9,14,16-17H,10-13,15H2,1-3H3,(H,27,30)/b20-14+/t17-/m1/s1. The molecule has 5 heteroatoms. The van der Waals surface area contributed by atoms with Crippen LogP contribution >= 0.6 is 11.6 Å². The van der Waals surface area contributed by atoms with E-state index < -0.39 is 0 Å². The number of hydrogen-bond acceptors (Lipinski definition) is 3. The Labute approximate surface area is 183 Å². The van der Waals surface area contributed by atoms with E-state index in [1.165, 1.54) is 5.56 Å². The zero-order valence-electron chi connectivity index (χ0n) is 17.9. The van der Waals surface area contributed by atoms with Crippen LogP contribution in [0.25, 0.3) is 5.57 Å². The molecule has 0 unspecified atom stereocenters. The van der Waals surface area contributed by atoms with Crippen LogP contribution in [0.15, 0.2) is 47.3 Å². The number of aromatic nitrogens is 1. The number of carbonyl (C=O) groups is 1. The molecule has 2 aliphatic rings. The van der Waals surface area contributed by atoms with Crippen molar-refractivity contribution in [2.45, 2.75) is 51.0 Å². The molecule has 0 amide bonds. The molecule has 30 heavy (non-hydrogen) atoms. The van der Waals surface area contributed by atoms with Gasteiger partial charge >= 0.3 is 0 Å². The molecule has 1 saturated heterocycles. The number of pyridine rings is 1. The Morgan fingerprint density at radius 2 is 1.87 bits per heavy atom. The Bertz CT molecular complexity index is 1030. The lowest BCUT2D eigenvalue weighted by Crippen LogP contribution is -2.36. The summed E-state index contributed by atoms with van der Waals surface area (Å²) in [7, 11) is 0. The quantitative estimate of drug-likeness (QED) is 0.700. The summed E-state index contributed by atoms with van der Waals surface area (Å²) >= 11 is 5.96.